The Balaban J connectivity index is 3.05. The Morgan fingerprint density at radius 1 is 0.204 bits per heavy atom. The second kappa shape index (κ2) is 53.2. The lowest BCUT2D eigenvalue weighted by atomic mass is 10.1. The van der Waals surface area contributed by atoms with Crippen LogP contribution < -0.4 is 0 Å². The van der Waals surface area contributed by atoms with Gasteiger partial charge in [-0.1, -0.05) is 107 Å². The minimum Gasteiger partial charge on any atom is -0.379 e. The average molecular weight is 895 g/mol. The summed E-state index contributed by atoms with van der Waals surface area (Å²) in [6.07, 6.45) is 19.9. The predicted molar refractivity (Wildman–Crippen MR) is 224 cm³/mol. The van der Waals surface area contributed by atoms with E-state index in [1.54, 1.807) is 0 Å². The van der Waals surface area contributed by atoms with E-state index in [9.17, 15) is 0 Å². The molecule has 0 rings (SSSR count). The van der Waals surface area contributed by atoms with E-state index in [1.165, 1.54) is 87.9 Å². The summed E-state index contributed by atoms with van der Waals surface area (Å²) in [4.78, 5) is 0. The van der Waals surface area contributed by atoms with Gasteiger partial charge in [-0.05, 0) is 23.7 Å². The molecule has 54 heavy (non-hydrogen) atoms. The van der Waals surface area contributed by atoms with Gasteiger partial charge in [-0.25, -0.2) is 0 Å². The number of hydrogen-bond donors (Lipinski definition) is 0. The van der Waals surface area contributed by atoms with Gasteiger partial charge in [-0.15, -0.1) is 0 Å². The van der Waals surface area contributed by atoms with Crippen molar-refractivity contribution in [1.82, 2.24) is 0 Å². The Bertz CT molecular complexity index is 589. The van der Waals surface area contributed by atoms with E-state index in [-0.39, 0.29) is 0 Å². The number of alkyl halides is 1. The van der Waals surface area contributed by atoms with Crippen molar-refractivity contribution in [2.75, 3.05) is 163 Å². The molecule has 0 aliphatic carbocycles. The quantitative estimate of drug-likeness (QED) is 0.0343. The number of rotatable bonds is 51. The van der Waals surface area contributed by atoms with Crippen LogP contribution in [0.3, 0.4) is 0 Å². The summed E-state index contributed by atoms with van der Waals surface area (Å²) in [7, 11) is 0. The van der Waals surface area contributed by atoms with Crippen LogP contribution in [0.15, 0.2) is 0 Å². The molecule has 0 atom stereocenters. The van der Waals surface area contributed by atoms with Crippen LogP contribution in [0, 0.1) is 0 Å². The molecule has 13 heteroatoms. The monoisotopic (exact) mass is 894 g/mol. The smallest absolute Gasteiger partial charge is 0.0701 e. The van der Waals surface area contributed by atoms with Gasteiger partial charge in [0.2, 0.25) is 0 Å². The van der Waals surface area contributed by atoms with Gasteiger partial charge in [-0.3, -0.25) is 0 Å². The highest BCUT2D eigenvalue weighted by Gasteiger charge is 1.98. The minimum atomic E-state index is 0.522. The average Bonchev–Trinajstić information content (AvgIpc) is 3.18. The minimum absolute atomic E-state index is 0.522. The molecular weight excluding hydrogens is 811 g/mol. The van der Waals surface area contributed by atoms with E-state index in [4.69, 9.17) is 56.8 Å². The lowest BCUT2D eigenvalue weighted by molar-refractivity contribution is -0.0284. The van der Waals surface area contributed by atoms with Gasteiger partial charge in [0, 0.05) is 13.2 Å². The van der Waals surface area contributed by atoms with Gasteiger partial charge in [0.1, 0.15) is 0 Å². The molecule has 0 aromatic heterocycles. The molecule has 0 radical (unpaired) electrons. The number of ether oxygens (including phenoxy) is 12. The van der Waals surface area contributed by atoms with Crippen molar-refractivity contribution in [3.63, 3.8) is 0 Å². The molecule has 12 nitrogen and oxygen atoms in total. The topological polar surface area (TPSA) is 111 Å². The molecular formula is C41H83IO12. The highest BCUT2D eigenvalue weighted by atomic mass is 127. The summed E-state index contributed by atoms with van der Waals surface area (Å²) in [6, 6.07) is 0. The predicted octanol–water partition coefficient (Wildman–Crippen LogP) is 7.49. The largest absolute Gasteiger partial charge is 0.379 e. The lowest BCUT2D eigenvalue weighted by Crippen LogP contribution is -2.15. The molecule has 0 N–H and O–H groups in total. The molecule has 0 spiro atoms. The first kappa shape index (κ1) is 54.2. The van der Waals surface area contributed by atoms with Gasteiger partial charge >= 0.3 is 0 Å². The molecule has 0 aromatic carbocycles. The van der Waals surface area contributed by atoms with Crippen LogP contribution >= 0.6 is 22.6 Å². The molecule has 326 valence electrons. The molecule has 0 fully saturated rings. The fourth-order valence-corrected chi connectivity index (χ4v) is 5.58. The normalized spacial score (nSPS) is 11.7. The van der Waals surface area contributed by atoms with E-state index in [0.29, 0.717) is 145 Å². The summed E-state index contributed by atoms with van der Waals surface area (Å²) in [5, 5.41) is 0. The second-order valence-electron chi connectivity index (χ2n) is 13.0. The van der Waals surface area contributed by atoms with Crippen molar-refractivity contribution in [1.29, 1.82) is 0 Å². The third kappa shape index (κ3) is 52.2. The van der Waals surface area contributed by atoms with Crippen LogP contribution in [-0.4, -0.2) is 163 Å². The molecule has 0 heterocycles. The van der Waals surface area contributed by atoms with E-state index in [1.807, 2.05) is 0 Å². The van der Waals surface area contributed by atoms with Crippen LogP contribution in [0.5, 0.6) is 0 Å². The molecule has 0 unspecified atom stereocenters. The third-order valence-electron chi connectivity index (χ3n) is 8.16. The van der Waals surface area contributed by atoms with Gasteiger partial charge in [0.15, 0.2) is 0 Å². The Kier molecular flexibility index (Phi) is 53.5. The molecule has 0 aromatic rings. The Morgan fingerprint density at radius 2 is 0.370 bits per heavy atom. The van der Waals surface area contributed by atoms with Crippen molar-refractivity contribution in [3.8, 4) is 0 Å². The first-order valence-electron chi connectivity index (χ1n) is 21.4. The maximum atomic E-state index is 5.67. The maximum Gasteiger partial charge on any atom is 0.0701 e. The number of hydrogen-bond acceptors (Lipinski definition) is 12. The summed E-state index contributed by atoms with van der Waals surface area (Å²) < 4.78 is 67.7. The van der Waals surface area contributed by atoms with Crippen LogP contribution in [0.25, 0.3) is 0 Å². The zero-order valence-corrected chi connectivity index (χ0v) is 36.7. The summed E-state index contributed by atoms with van der Waals surface area (Å²) in [5.74, 6) is 0. The molecule has 0 aliphatic rings. The van der Waals surface area contributed by atoms with Crippen molar-refractivity contribution < 1.29 is 56.8 Å². The van der Waals surface area contributed by atoms with E-state index in [0.717, 1.165) is 26.1 Å². The molecule has 0 saturated heterocycles. The SMILES string of the molecule is CCCCCCCCCCCCCOCCOCCOCCOCCOCCOCCOCCOCCOCCOCCOCCOCCCCCCI. The van der Waals surface area contributed by atoms with Crippen molar-refractivity contribution in [2.45, 2.75) is 103 Å². The van der Waals surface area contributed by atoms with Crippen LogP contribution in [0.1, 0.15) is 103 Å². The van der Waals surface area contributed by atoms with Crippen LogP contribution in [0.4, 0.5) is 0 Å². The first-order chi connectivity index (χ1) is 26.9. The molecule has 0 saturated carbocycles. The number of unbranched alkanes of at least 4 members (excludes halogenated alkanes) is 13. The molecule has 0 bridgehead atoms. The van der Waals surface area contributed by atoms with Gasteiger partial charge in [-0.2, -0.15) is 0 Å². The summed E-state index contributed by atoms with van der Waals surface area (Å²) in [5.41, 5.74) is 0. The van der Waals surface area contributed by atoms with Crippen molar-refractivity contribution >= 4 is 22.6 Å². The Labute approximate surface area is 344 Å². The Morgan fingerprint density at radius 3 is 0.574 bits per heavy atom. The zero-order chi connectivity index (χ0) is 38.8. The van der Waals surface area contributed by atoms with Gasteiger partial charge in [0.25, 0.3) is 0 Å². The molecule has 0 amide bonds. The van der Waals surface area contributed by atoms with Gasteiger partial charge < -0.3 is 56.8 Å². The first-order valence-corrected chi connectivity index (χ1v) is 22.9. The second-order valence-corrected chi connectivity index (χ2v) is 14.1. The standard InChI is InChI=1S/C41H83IO12/c1-2-3-4-5-6-7-8-9-10-12-15-18-43-20-22-45-24-26-47-28-30-49-32-34-51-36-38-53-40-41-54-39-37-52-35-33-50-31-29-48-27-25-46-23-21-44-19-16-13-11-14-17-42/h2-41H2,1H3. The van der Waals surface area contributed by atoms with Crippen molar-refractivity contribution in [2.24, 2.45) is 0 Å². The Hall–Kier alpha value is 0.250. The van der Waals surface area contributed by atoms with E-state index >= 15 is 0 Å². The highest BCUT2D eigenvalue weighted by molar-refractivity contribution is 14.1. The van der Waals surface area contributed by atoms with E-state index < -0.39 is 0 Å². The molecule has 0 aliphatic heterocycles. The van der Waals surface area contributed by atoms with Gasteiger partial charge in [0.05, 0.1) is 145 Å². The fourth-order valence-electron chi connectivity index (χ4n) is 5.04. The highest BCUT2D eigenvalue weighted by Crippen LogP contribution is 2.11. The lowest BCUT2D eigenvalue weighted by Gasteiger charge is -2.09. The zero-order valence-electron chi connectivity index (χ0n) is 34.6. The van der Waals surface area contributed by atoms with Crippen molar-refractivity contribution in [3.05, 3.63) is 0 Å². The van der Waals surface area contributed by atoms with E-state index in [2.05, 4.69) is 29.5 Å². The summed E-state index contributed by atoms with van der Waals surface area (Å²) in [6.45, 7) is 16.1. The maximum absolute atomic E-state index is 5.67. The number of halogens is 1. The summed E-state index contributed by atoms with van der Waals surface area (Å²) >= 11 is 2.42. The fraction of sp³-hybridized carbons (Fsp3) is 1.00. The third-order valence-corrected chi connectivity index (χ3v) is 8.92. The van der Waals surface area contributed by atoms with Crippen LogP contribution in [0.2, 0.25) is 0 Å². The van der Waals surface area contributed by atoms with Crippen LogP contribution in [-0.2, 0) is 56.8 Å².